The Kier molecular flexibility index (Phi) is 60.6. The van der Waals surface area contributed by atoms with Crippen molar-refractivity contribution < 1.29 is 89.4 Å². The van der Waals surface area contributed by atoms with Gasteiger partial charge in [0.1, 0.15) is 73.2 Å². The van der Waals surface area contributed by atoms with Crippen molar-refractivity contribution in [2.24, 2.45) is 0 Å². The van der Waals surface area contributed by atoms with Gasteiger partial charge in [-0.2, -0.15) is 0 Å². The van der Waals surface area contributed by atoms with Crippen molar-refractivity contribution in [3.05, 3.63) is 97.2 Å². The van der Waals surface area contributed by atoms with Crippen molar-refractivity contribution in [2.75, 3.05) is 26.4 Å². The van der Waals surface area contributed by atoms with Gasteiger partial charge in [0.15, 0.2) is 18.9 Å². The minimum atomic E-state index is -1.98. The van der Waals surface area contributed by atoms with Crippen LogP contribution in [0.15, 0.2) is 97.2 Å². The molecule has 106 heavy (non-hydrogen) atoms. The molecule has 3 heterocycles. The lowest BCUT2D eigenvalue weighted by atomic mass is 9.96. The van der Waals surface area contributed by atoms with Gasteiger partial charge >= 0.3 is 0 Å². The summed E-state index contributed by atoms with van der Waals surface area (Å²) in [6.07, 6.45) is 63.5. The molecule has 19 nitrogen and oxygen atoms in total. The third kappa shape index (κ3) is 45.3. The first kappa shape index (κ1) is 96.9. The van der Waals surface area contributed by atoms with E-state index in [-0.39, 0.29) is 18.9 Å². The maximum absolute atomic E-state index is 13.5. The van der Waals surface area contributed by atoms with Gasteiger partial charge in [0.25, 0.3) is 0 Å². The third-order valence-corrected chi connectivity index (χ3v) is 20.7. The number of aliphatic hydroxyl groups is 11. The van der Waals surface area contributed by atoms with Gasteiger partial charge < -0.3 is 89.9 Å². The average molecular weight is 1500 g/mol. The van der Waals surface area contributed by atoms with Crippen LogP contribution in [0.4, 0.5) is 0 Å². The second kappa shape index (κ2) is 66.3. The van der Waals surface area contributed by atoms with E-state index >= 15 is 0 Å². The molecule has 12 N–H and O–H groups in total. The first-order valence-electron chi connectivity index (χ1n) is 42.5. The number of rotatable bonds is 67. The van der Waals surface area contributed by atoms with E-state index in [1.807, 2.05) is 0 Å². The van der Waals surface area contributed by atoms with E-state index in [0.29, 0.717) is 12.8 Å². The van der Waals surface area contributed by atoms with E-state index in [1.54, 1.807) is 0 Å². The van der Waals surface area contributed by atoms with Crippen molar-refractivity contribution in [3.63, 3.8) is 0 Å². The normalized spacial score (nSPS) is 26.1. The number of allylic oxidation sites excluding steroid dienone is 16. The van der Waals surface area contributed by atoms with Crippen molar-refractivity contribution in [1.82, 2.24) is 5.32 Å². The Morgan fingerprint density at radius 3 is 1.02 bits per heavy atom. The predicted molar refractivity (Wildman–Crippen MR) is 424 cm³/mol. The van der Waals surface area contributed by atoms with Gasteiger partial charge in [0.05, 0.1) is 38.6 Å². The van der Waals surface area contributed by atoms with E-state index in [1.165, 1.54) is 180 Å². The molecule has 0 bridgehead atoms. The van der Waals surface area contributed by atoms with Gasteiger partial charge in [0, 0.05) is 6.42 Å². The van der Waals surface area contributed by atoms with Crippen LogP contribution in [-0.4, -0.2) is 193 Å². The zero-order chi connectivity index (χ0) is 76.7. The average Bonchev–Trinajstić information content (AvgIpc) is 0.780. The molecule has 0 aromatic carbocycles. The number of unbranched alkanes of at least 4 members (excludes halogenated alkanes) is 35. The third-order valence-electron chi connectivity index (χ3n) is 20.7. The van der Waals surface area contributed by atoms with E-state index in [4.69, 9.17) is 28.4 Å². The Hall–Kier alpha value is -3.29. The Morgan fingerprint density at radius 2 is 0.651 bits per heavy atom. The number of amides is 1. The molecule has 3 fully saturated rings. The van der Waals surface area contributed by atoms with Crippen LogP contribution in [-0.2, 0) is 33.2 Å². The van der Waals surface area contributed by atoms with Crippen LogP contribution in [0.2, 0.25) is 0 Å². The number of hydrogen-bond donors (Lipinski definition) is 12. The van der Waals surface area contributed by atoms with Crippen LogP contribution in [0.1, 0.15) is 316 Å². The molecule has 3 aliphatic heterocycles. The second-order valence-electron chi connectivity index (χ2n) is 29.9. The van der Waals surface area contributed by atoms with Crippen LogP contribution < -0.4 is 5.32 Å². The fourth-order valence-corrected chi connectivity index (χ4v) is 13.9. The minimum Gasteiger partial charge on any atom is -0.394 e. The molecule has 0 saturated carbocycles. The Bertz CT molecular complexity index is 2290. The van der Waals surface area contributed by atoms with Gasteiger partial charge in [-0.3, -0.25) is 4.79 Å². The molecule has 3 aliphatic rings. The minimum absolute atomic E-state index is 0.245. The molecular weight excluding hydrogens is 1350 g/mol. The SMILES string of the molecule is CC/C=C\C/C=C\C/C=C\C/C=C\C/C=C\C/C=C\C/C=C\C/C=C\CCCCCCCCCCCCCCC(=O)NC(COC1OC(CO)C(OC2OC(CO)C(OC3OC(CO)C(O)C(O)C3O)C(O)C2O)C(O)C1O)C(O)CCCCCCCCCCCCCCCCCCCCCCCCCC. The highest BCUT2D eigenvalue weighted by Gasteiger charge is 2.54. The first-order valence-corrected chi connectivity index (χ1v) is 42.5. The molecule has 17 unspecified atom stereocenters. The summed E-state index contributed by atoms with van der Waals surface area (Å²) in [7, 11) is 0. The summed E-state index contributed by atoms with van der Waals surface area (Å²) in [4.78, 5) is 13.5. The van der Waals surface area contributed by atoms with E-state index in [2.05, 4.69) is 116 Å². The highest BCUT2D eigenvalue weighted by Crippen LogP contribution is 2.33. The number of ether oxygens (including phenoxy) is 6. The second-order valence-corrected chi connectivity index (χ2v) is 29.9. The zero-order valence-electron chi connectivity index (χ0n) is 65.9. The molecule has 1 amide bonds. The summed E-state index contributed by atoms with van der Waals surface area (Å²) in [5, 5.41) is 121. The molecule has 614 valence electrons. The molecular formula is C87H153NO18. The predicted octanol–water partition coefficient (Wildman–Crippen LogP) is 15.1. The van der Waals surface area contributed by atoms with E-state index in [0.717, 1.165) is 103 Å². The van der Waals surface area contributed by atoms with Crippen molar-refractivity contribution >= 4 is 5.91 Å². The molecule has 0 aromatic heterocycles. The maximum Gasteiger partial charge on any atom is 0.220 e. The Balaban J connectivity index is 1.34. The van der Waals surface area contributed by atoms with Crippen LogP contribution >= 0.6 is 0 Å². The van der Waals surface area contributed by atoms with Crippen LogP contribution in [0, 0.1) is 0 Å². The van der Waals surface area contributed by atoms with Gasteiger partial charge in [0.2, 0.25) is 5.91 Å². The molecule has 0 radical (unpaired) electrons. The highest BCUT2D eigenvalue weighted by atomic mass is 16.8. The highest BCUT2D eigenvalue weighted by molar-refractivity contribution is 5.76. The summed E-state index contributed by atoms with van der Waals surface area (Å²) in [6, 6.07) is -0.896. The lowest BCUT2D eigenvalue weighted by molar-refractivity contribution is -0.379. The summed E-state index contributed by atoms with van der Waals surface area (Å²) in [5.41, 5.74) is 0. The van der Waals surface area contributed by atoms with Gasteiger partial charge in [-0.25, -0.2) is 0 Å². The number of carbonyl (C=O) groups is 1. The zero-order valence-corrected chi connectivity index (χ0v) is 65.9. The van der Waals surface area contributed by atoms with Crippen LogP contribution in [0.25, 0.3) is 0 Å². The summed E-state index contributed by atoms with van der Waals surface area (Å²) in [5.74, 6) is -0.245. The lowest BCUT2D eigenvalue weighted by Crippen LogP contribution is -2.66. The van der Waals surface area contributed by atoms with Gasteiger partial charge in [-0.05, 0) is 77.0 Å². The topological polar surface area (TPSA) is 307 Å². The van der Waals surface area contributed by atoms with E-state index in [9.17, 15) is 61.0 Å². The standard InChI is InChI=1S/C87H153NO18/c1-3-5-7-9-11-13-15-17-19-21-23-25-27-29-30-31-32-33-34-35-36-37-38-39-40-41-43-45-47-49-51-53-55-57-59-61-63-65-75(93)88-70(71(92)64-62-60-58-56-54-52-50-48-46-44-42-28-26-24-22-20-18-16-14-12-10-8-6-4-2)69-101-85-81(99)78(96)83(73(67-90)103-85)106-87-82(100)79(97)84(74(68-91)104-87)105-86-80(98)77(95)76(94)72(66-89)102-86/h5,7,11,13,17,19,23,25,29-30,32-33,35-36,38-39,70-74,76-87,89-92,94-100H,3-4,6,8-10,12,14-16,18,20-22,24,26-28,31,34,37,40-69H2,1-2H3,(H,88,93)/b7-5-,13-11-,19-17-,25-23-,30-29-,33-32-,36-35-,39-38-. The van der Waals surface area contributed by atoms with E-state index < -0.39 is 124 Å². The molecule has 17 atom stereocenters. The molecule has 19 heteroatoms. The molecule has 3 saturated heterocycles. The quantitative estimate of drug-likeness (QED) is 0.0199. The lowest BCUT2D eigenvalue weighted by Gasteiger charge is -2.48. The number of nitrogens with one attached hydrogen (secondary N) is 1. The molecule has 0 aliphatic carbocycles. The monoisotopic (exact) mass is 1500 g/mol. The summed E-state index contributed by atoms with van der Waals surface area (Å²) < 4.78 is 34.6. The van der Waals surface area contributed by atoms with Crippen molar-refractivity contribution in [2.45, 2.75) is 420 Å². The van der Waals surface area contributed by atoms with Crippen LogP contribution in [0.5, 0.6) is 0 Å². The summed E-state index contributed by atoms with van der Waals surface area (Å²) >= 11 is 0. The van der Waals surface area contributed by atoms with Gasteiger partial charge in [-0.15, -0.1) is 0 Å². The smallest absolute Gasteiger partial charge is 0.220 e. The van der Waals surface area contributed by atoms with Crippen LogP contribution in [0.3, 0.4) is 0 Å². The number of aliphatic hydroxyl groups excluding tert-OH is 11. The fraction of sp³-hybridized carbons (Fsp3) is 0.805. The molecule has 3 rings (SSSR count). The maximum atomic E-state index is 13.5. The van der Waals surface area contributed by atoms with Crippen molar-refractivity contribution in [3.8, 4) is 0 Å². The number of carbonyl (C=O) groups excluding carboxylic acids is 1. The largest absolute Gasteiger partial charge is 0.394 e. The first-order chi connectivity index (χ1) is 51.8. The molecule has 0 spiro atoms. The Labute approximate surface area is 641 Å². The Morgan fingerprint density at radius 1 is 0.349 bits per heavy atom. The van der Waals surface area contributed by atoms with Crippen molar-refractivity contribution in [1.29, 1.82) is 0 Å². The molecule has 0 aromatic rings. The van der Waals surface area contributed by atoms with Gasteiger partial charge in [-0.1, -0.05) is 329 Å². The number of hydrogen-bond acceptors (Lipinski definition) is 18. The summed E-state index contributed by atoms with van der Waals surface area (Å²) in [6.45, 7) is 1.72. The fourth-order valence-electron chi connectivity index (χ4n) is 13.9.